The number of benzene rings is 1. The fourth-order valence-electron chi connectivity index (χ4n) is 0.771. The van der Waals surface area contributed by atoms with Gasteiger partial charge in [-0.15, -0.1) is 0 Å². The molecule has 0 radical (unpaired) electrons. The highest BCUT2D eigenvalue weighted by Crippen LogP contribution is 2.15. The zero-order valence-corrected chi connectivity index (χ0v) is 7.29. The zero-order chi connectivity index (χ0) is 9.90. The van der Waals surface area contributed by atoms with Crippen LogP contribution >= 0.6 is 0 Å². The Morgan fingerprint density at radius 3 is 2.23 bits per heavy atom. The van der Waals surface area contributed by atoms with Gasteiger partial charge in [-0.3, -0.25) is 4.55 Å². The maximum Gasteiger partial charge on any atom is 0.294 e. The van der Waals surface area contributed by atoms with Crippen LogP contribution in [0.3, 0.4) is 0 Å². The molecule has 1 rings (SSSR count). The van der Waals surface area contributed by atoms with Crippen molar-refractivity contribution in [3.8, 4) is 5.75 Å². The predicted octanol–water partition coefficient (Wildman–Crippen LogP) is 1.24. The van der Waals surface area contributed by atoms with Gasteiger partial charge in [-0.25, -0.2) is 4.39 Å². The van der Waals surface area contributed by atoms with E-state index in [1.165, 1.54) is 12.1 Å². The molecule has 0 bridgehead atoms. The standard InChI is InChI=1S/C7H7FO4S/c8-5-12-6-1-3-7(4-2-6)13(9,10)11/h1-4H,5H2,(H,9,10,11). The van der Waals surface area contributed by atoms with Gasteiger partial charge < -0.3 is 4.74 Å². The Morgan fingerprint density at radius 1 is 1.31 bits per heavy atom. The average Bonchev–Trinajstić information content (AvgIpc) is 2.04. The van der Waals surface area contributed by atoms with E-state index in [4.69, 9.17) is 4.55 Å². The highest BCUT2D eigenvalue weighted by atomic mass is 32.2. The van der Waals surface area contributed by atoms with E-state index < -0.39 is 17.0 Å². The summed E-state index contributed by atoms with van der Waals surface area (Å²) in [5, 5.41) is 0. The minimum absolute atomic E-state index is 0.204. The highest BCUT2D eigenvalue weighted by Gasteiger charge is 2.08. The van der Waals surface area contributed by atoms with Crippen LogP contribution in [0.15, 0.2) is 29.2 Å². The van der Waals surface area contributed by atoms with Gasteiger partial charge in [-0.1, -0.05) is 0 Å². The molecular weight excluding hydrogens is 199 g/mol. The predicted molar refractivity (Wildman–Crippen MR) is 42.9 cm³/mol. The third-order valence-electron chi connectivity index (χ3n) is 1.34. The third-order valence-corrected chi connectivity index (χ3v) is 2.21. The number of halogens is 1. The summed E-state index contributed by atoms with van der Waals surface area (Å²) in [7, 11) is -4.18. The second-order valence-electron chi connectivity index (χ2n) is 2.20. The molecule has 1 aromatic carbocycles. The van der Waals surface area contributed by atoms with E-state index in [2.05, 4.69) is 4.74 Å². The molecule has 0 aliphatic heterocycles. The van der Waals surface area contributed by atoms with Crippen LogP contribution in [0.2, 0.25) is 0 Å². The minimum atomic E-state index is -4.18. The summed E-state index contributed by atoms with van der Waals surface area (Å²) >= 11 is 0. The largest absolute Gasteiger partial charge is 0.463 e. The summed E-state index contributed by atoms with van der Waals surface area (Å²) < 4.78 is 45.7. The van der Waals surface area contributed by atoms with Gasteiger partial charge in [0.15, 0.2) is 0 Å². The van der Waals surface area contributed by atoms with Crippen molar-refractivity contribution < 1.29 is 22.1 Å². The molecule has 4 nitrogen and oxygen atoms in total. The van der Waals surface area contributed by atoms with Crippen molar-refractivity contribution in [2.45, 2.75) is 4.90 Å². The van der Waals surface area contributed by atoms with Crippen LogP contribution < -0.4 is 4.74 Å². The molecule has 0 aromatic heterocycles. The summed E-state index contributed by atoms with van der Waals surface area (Å²) in [4.78, 5) is -0.251. The molecule has 13 heavy (non-hydrogen) atoms. The third kappa shape index (κ3) is 2.67. The quantitative estimate of drug-likeness (QED) is 0.755. The Hall–Kier alpha value is -1.14. The fraction of sp³-hybridized carbons (Fsp3) is 0.143. The zero-order valence-electron chi connectivity index (χ0n) is 6.47. The second-order valence-corrected chi connectivity index (χ2v) is 3.62. The maximum absolute atomic E-state index is 11.6. The van der Waals surface area contributed by atoms with E-state index in [-0.39, 0.29) is 10.6 Å². The summed E-state index contributed by atoms with van der Waals surface area (Å²) in [6, 6.07) is 4.76. The Morgan fingerprint density at radius 2 is 1.85 bits per heavy atom. The first kappa shape index (κ1) is 9.94. The van der Waals surface area contributed by atoms with Crippen LogP contribution in [0.25, 0.3) is 0 Å². The normalized spacial score (nSPS) is 11.2. The summed E-state index contributed by atoms with van der Waals surface area (Å²) in [5.74, 6) is 0.204. The molecule has 0 spiro atoms. The summed E-state index contributed by atoms with van der Waals surface area (Å²) in [5.41, 5.74) is 0. The van der Waals surface area contributed by atoms with Gasteiger partial charge in [-0.05, 0) is 24.3 Å². The average molecular weight is 206 g/mol. The number of hydrogen-bond donors (Lipinski definition) is 1. The van der Waals surface area contributed by atoms with Gasteiger partial charge in [0.05, 0.1) is 4.90 Å². The molecule has 0 fully saturated rings. The van der Waals surface area contributed by atoms with Crippen molar-refractivity contribution in [3.63, 3.8) is 0 Å². The molecule has 72 valence electrons. The molecule has 1 aromatic rings. The fourth-order valence-corrected chi connectivity index (χ4v) is 1.25. The molecular formula is C7H7FO4S. The highest BCUT2D eigenvalue weighted by molar-refractivity contribution is 7.85. The van der Waals surface area contributed by atoms with Crippen LogP contribution in [0.1, 0.15) is 0 Å². The molecule has 0 amide bonds. The Kier molecular flexibility index (Phi) is 2.84. The van der Waals surface area contributed by atoms with Crippen LogP contribution in [0, 0.1) is 0 Å². The first-order valence-electron chi connectivity index (χ1n) is 3.30. The van der Waals surface area contributed by atoms with E-state index in [1.54, 1.807) is 0 Å². The van der Waals surface area contributed by atoms with Gasteiger partial charge in [0, 0.05) is 0 Å². The van der Waals surface area contributed by atoms with Crippen LogP contribution in [-0.2, 0) is 10.1 Å². The maximum atomic E-state index is 11.6. The Balaban J connectivity index is 2.94. The van der Waals surface area contributed by atoms with Crippen molar-refractivity contribution >= 4 is 10.1 Å². The topological polar surface area (TPSA) is 63.6 Å². The van der Waals surface area contributed by atoms with E-state index >= 15 is 0 Å². The minimum Gasteiger partial charge on any atom is -0.463 e. The summed E-state index contributed by atoms with van der Waals surface area (Å²) in [6.45, 7) is -0.981. The molecule has 1 N–H and O–H groups in total. The molecule has 0 atom stereocenters. The van der Waals surface area contributed by atoms with Crippen LogP contribution in [-0.4, -0.2) is 19.8 Å². The van der Waals surface area contributed by atoms with Gasteiger partial charge >= 0.3 is 0 Å². The van der Waals surface area contributed by atoms with Crippen molar-refractivity contribution in [1.29, 1.82) is 0 Å². The van der Waals surface area contributed by atoms with E-state index in [0.29, 0.717) is 0 Å². The van der Waals surface area contributed by atoms with Crippen molar-refractivity contribution in [2.24, 2.45) is 0 Å². The van der Waals surface area contributed by atoms with Crippen molar-refractivity contribution in [2.75, 3.05) is 6.86 Å². The molecule has 0 heterocycles. The lowest BCUT2D eigenvalue weighted by Crippen LogP contribution is -1.97. The summed E-state index contributed by atoms with van der Waals surface area (Å²) in [6.07, 6.45) is 0. The SMILES string of the molecule is O=S(=O)(O)c1ccc(OCF)cc1. The lowest BCUT2D eigenvalue weighted by atomic mass is 10.3. The number of rotatable bonds is 3. The van der Waals surface area contributed by atoms with E-state index in [0.717, 1.165) is 12.1 Å². The van der Waals surface area contributed by atoms with Crippen LogP contribution in [0.5, 0.6) is 5.75 Å². The van der Waals surface area contributed by atoms with Gasteiger partial charge in [0.25, 0.3) is 10.1 Å². The smallest absolute Gasteiger partial charge is 0.294 e. The molecule has 0 aliphatic rings. The number of hydrogen-bond acceptors (Lipinski definition) is 3. The first-order chi connectivity index (χ1) is 6.04. The lowest BCUT2D eigenvalue weighted by molar-refractivity contribution is 0.191. The van der Waals surface area contributed by atoms with Crippen molar-refractivity contribution in [1.82, 2.24) is 0 Å². The number of alkyl halides is 1. The van der Waals surface area contributed by atoms with Crippen LogP contribution in [0.4, 0.5) is 4.39 Å². The first-order valence-corrected chi connectivity index (χ1v) is 4.74. The van der Waals surface area contributed by atoms with E-state index in [1.807, 2.05) is 0 Å². The molecule has 0 aliphatic carbocycles. The van der Waals surface area contributed by atoms with E-state index in [9.17, 15) is 12.8 Å². The molecule has 0 saturated heterocycles. The van der Waals surface area contributed by atoms with Crippen molar-refractivity contribution in [3.05, 3.63) is 24.3 Å². The van der Waals surface area contributed by atoms with Gasteiger partial charge in [0.2, 0.25) is 6.86 Å². The number of ether oxygens (including phenoxy) is 1. The molecule has 0 saturated carbocycles. The Labute approximate surface area is 74.7 Å². The lowest BCUT2D eigenvalue weighted by Gasteiger charge is -2.00. The molecule has 6 heteroatoms. The monoisotopic (exact) mass is 206 g/mol. The van der Waals surface area contributed by atoms with Gasteiger partial charge in [0.1, 0.15) is 5.75 Å². The molecule has 0 unspecified atom stereocenters. The Bertz CT molecular complexity index is 370. The van der Waals surface area contributed by atoms with Gasteiger partial charge in [-0.2, -0.15) is 8.42 Å². The second kappa shape index (κ2) is 3.71.